The molecule has 18 heavy (non-hydrogen) atoms. The van der Waals surface area contributed by atoms with E-state index < -0.39 is 0 Å². The average molecular weight is 260 g/mol. The monoisotopic (exact) mass is 260 g/mol. The fourth-order valence-corrected chi connectivity index (χ4v) is 2.12. The standard InChI is InChI=1S/C14H16N2OS/c1-15-9-11-7-8-14(16-10-11)17-12-5-3-4-6-13(12)18-2/h3-8,10,15H,9H2,1-2H3. The van der Waals surface area contributed by atoms with E-state index in [4.69, 9.17) is 4.74 Å². The summed E-state index contributed by atoms with van der Waals surface area (Å²) in [5.74, 6) is 1.47. The van der Waals surface area contributed by atoms with Gasteiger partial charge in [-0.15, -0.1) is 11.8 Å². The van der Waals surface area contributed by atoms with Gasteiger partial charge in [-0.1, -0.05) is 18.2 Å². The highest BCUT2D eigenvalue weighted by atomic mass is 32.2. The van der Waals surface area contributed by atoms with Crippen molar-refractivity contribution in [2.24, 2.45) is 0 Å². The van der Waals surface area contributed by atoms with Crippen molar-refractivity contribution in [1.29, 1.82) is 0 Å². The molecule has 0 saturated carbocycles. The van der Waals surface area contributed by atoms with Gasteiger partial charge >= 0.3 is 0 Å². The molecule has 0 unspecified atom stereocenters. The Hall–Kier alpha value is -1.52. The number of aromatic nitrogens is 1. The van der Waals surface area contributed by atoms with Crippen LogP contribution < -0.4 is 10.1 Å². The van der Waals surface area contributed by atoms with Crippen LogP contribution in [0.2, 0.25) is 0 Å². The first kappa shape index (κ1) is 12.9. The van der Waals surface area contributed by atoms with Gasteiger partial charge in [0.15, 0.2) is 0 Å². The smallest absolute Gasteiger partial charge is 0.219 e. The lowest BCUT2D eigenvalue weighted by molar-refractivity contribution is 0.452. The number of hydrogen-bond donors (Lipinski definition) is 1. The summed E-state index contributed by atoms with van der Waals surface area (Å²) in [6.07, 6.45) is 3.86. The average Bonchev–Trinajstić information content (AvgIpc) is 2.42. The minimum absolute atomic E-state index is 0.622. The molecule has 0 aliphatic heterocycles. The zero-order chi connectivity index (χ0) is 12.8. The van der Waals surface area contributed by atoms with Crippen molar-refractivity contribution in [2.75, 3.05) is 13.3 Å². The molecule has 1 aromatic carbocycles. The molecule has 0 radical (unpaired) electrons. The van der Waals surface area contributed by atoms with E-state index in [0.717, 1.165) is 22.8 Å². The van der Waals surface area contributed by atoms with E-state index in [2.05, 4.69) is 10.3 Å². The minimum Gasteiger partial charge on any atom is -0.438 e. The van der Waals surface area contributed by atoms with Crippen molar-refractivity contribution in [3.8, 4) is 11.6 Å². The molecule has 94 valence electrons. The van der Waals surface area contributed by atoms with Crippen molar-refractivity contribution in [3.63, 3.8) is 0 Å². The molecule has 1 aromatic heterocycles. The summed E-state index contributed by atoms with van der Waals surface area (Å²) in [5.41, 5.74) is 1.14. The highest BCUT2D eigenvalue weighted by Gasteiger charge is 2.03. The summed E-state index contributed by atoms with van der Waals surface area (Å²) in [6.45, 7) is 0.814. The Bertz CT molecular complexity index is 499. The molecule has 0 bridgehead atoms. The number of nitrogens with zero attached hydrogens (tertiary/aromatic N) is 1. The second-order valence-corrected chi connectivity index (χ2v) is 4.64. The number of nitrogens with one attached hydrogen (secondary N) is 1. The van der Waals surface area contributed by atoms with Crippen LogP contribution in [0.15, 0.2) is 47.5 Å². The fourth-order valence-electron chi connectivity index (χ4n) is 1.60. The maximum absolute atomic E-state index is 5.78. The molecule has 0 spiro atoms. The molecule has 4 heteroatoms. The summed E-state index contributed by atoms with van der Waals surface area (Å²) in [7, 11) is 1.92. The molecule has 0 aliphatic carbocycles. The lowest BCUT2D eigenvalue weighted by Crippen LogP contribution is -2.05. The van der Waals surface area contributed by atoms with E-state index in [9.17, 15) is 0 Å². The number of ether oxygens (including phenoxy) is 1. The molecule has 1 heterocycles. The molecule has 3 nitrogen and oxygen atoms in total. The van der Waals surface area contributed by atoms with Gasteiger partial charge in [0.1, 0.15) is 5.75 Å². The van der Waals surface area contributed by atoms with Crippen LogP contribution in [0.5, 0.6) is 11.6 Å². The van der Waals surface area contributed by atoms with Crippen molar-refractivity contribution in [3.05, 3.63) is 48.2 Å². The van der Waals surface area contributed by atoms with E-state index in [0.29, 0.717) is 5.88 Å². The molecule has 2 rings (SSSR count). The number of pyridine rings is 1. The van der Waals surface area contributed by atoms with Crippen LogP contribution in [0, 0.1) is 0 Å². The predicted octanol–water partition coefficient (Wildman–Crippen LogP) is 3.32. The van der Waals surface area contributed by atoms with Gasteiger partial charge in [0.2, 0.25) is 5.88 Å². The Kier molecular flexibility index (Phi) is 4.61. The van der Waals surface area contributed by atoms with Crippen LogP contribution >= 0.6 is 11.8 Å². The number of thioether (sulfide) groups is 1. The Morgan fingerprint density at radius 1 is 1.22 bits per heavy atom. The topological polar surface area (TPSA) is 34.1 Å². The molecule has 0 saturated heterocycles. The number of rotatable bonds is 5. The van der Waals surface area contributed by atoms with Crippen LogP contribution in [0.4, 0.5) is 0 Å². The molecular formula is C14H16N2OS. The van der Waals surface area contributed by atoms with Gasteiger partial charge in [0.25, 0.3) is 0 Å². The lowest BCUT2D eigenvalue weighted by atomic mass is 10.3. The van der Waals surface area contributed by atoms with E-state index >= 15 is 0 Å². The van der Waals surface area contributed by atoms with Crippen molar-refractivity contribution < 1.29 is 4.74 Å². The molecule has 1 N–H and O–H groups in total. The number of benzene rings is 1. The molecule has 2 aromatic rings. The van der Waals surface area contributed by atoms with Crippen LogP contribution in [-0.2, 0) is 6.54 Å². The summed E-state index contributed by atoms with van der Waals surface area (Å²) in [5, 5.41) is 3.09. The van der Waals surface area contributed by atoms with Crippen molar-refractivity contribution in [1.82, 2.24) is 10.3 Å². The van der Waals surface area contributed by atoms with E-state index in [1.54, 1.807) is 11.8 Å². The van der Waals surface area contributed by atoms with Crippen LogP contribution in [0.25, 0.3) is 0 Å². The largest absolute Gasteiger partial charge is 0.438 e. The maximum atomic E-state index is 5.78. The third kappa shape index (κ3) is 3.24. The third-order valence-electron chi connectivity index (χ3n) is 2.46. The molecule has 0 amide bonds. The Morgan fingerprint density at radius 3 is 2.72 bits per heavy atom. The van der Waals surface area contributed by atoms with E-state index in [1.165, 1.54) is 0 Å². The molecule has 0 aliphatic rings. The first-order valence-corrected chi connectivity index (χ1v) is 6.96. The van der Waals surface area contributed by atoms with Gasteiger partial charge in [-0.3, -0.25) is 0 Å². The number of para-hydroxylation sites is 1. The van der Waals surface area contributed by atoms with Gasteiger partial charge < -0.3 is 10.1 Å². The quantitative estimate of drug-likeness (QED) is 0.836. The van der Waals surface area contributed by atoms with Gasteiger partial charge in [-0.2, -0.15) is 0 Å². The normalized spacial score (nSPS) is 10.3. The highest BCUT2D eigenvalue weighted by Crippen LogP contribution is 2.30. The van der Waals surface area contributed by atoms with Gasteiger partial charge in [-0.05, 0) is 31.0 Å². The Labute approximate surface area is 112 Å². The van der Waals surface area contributed by atoms with Gasteiger partial charge in [-0.25, -0.2) is 4.98 Å². The zero-order valence-electron chi connectivity index (χ0n) is 10.5. The van der Waals surface area contributed by atoms with Crippen LogP contribution in [0.3, 0.4) is 0 Å². The molecule has 0 atom stereocenters. The third-order valence-corrected chi connectivity index (χ3v) is 3.24. The van der Waals surface area contributed by atoms with E-state index in [1.807, 2.05) is 55.9 Å². The van der Waals surface area contributed by atoms with Crippen LogP contribution in [0.1, 0.15) is 5.56 Å². The number of hydrogen-bond acceptors (Lipinski definition) is 4. The van der Waals surface area contributed by atoms with E-state index in [-0.39, 0.29) is 0 Å². The van der Waals surface area contributed by atoms with Gasteiger partial charge in [0, 0.05) is 23.7 Å². The fraction of sp³-hybridized carbons (Fsp3) is 0.214. The second kappa shape index (κ2) is 6.42. The summed E-state index contributed by atoms with van der Waals surface area (Å²) in [4.78, 5) is 5.41. The predicted molar refractivity (Wildman–Crippen MR) is 75.3 cm³/mol. The SMILES string of the molecule is CNCc1ccc(Oc2ccccc2SC)nc1. The maximum Gasteiger partial charge on any atom is 0.219 e. The van der Waals surface area contributed by atoms with Gasteiger partial charge in [0.05, 0.1) is 0 Å². The summed E-state index contributed by atoms with van der Waals surface area (Å²) >= 11 is 1.66. The second-order valence-electron chi connectivity index (χ2n) is 3.79. The lowest BCUT2D eigenvalue weighted by Gasteiger charge is -2.08. The Balaban J connectivity index is 2.13. The van der Waals surface area contributed by atoms with Crippen molar-refractivity contribution >= 4 is 11.8 Å². The molecular weight excluding hydrogens is 244 g/mol. The summed E-state index contributed by atoms with van der Waals surface area (Å²) < 4.78 is 5.78. The van der Waals surface area contributed by atoms with Crippen LogP contribution in [-0.4, -0.2) is 18.3 Å². The Morgan fingerprint density at radius 2 is 2.06 bits per heavy atom. The first-order valence-electron chi connectivity index (χ1n) is 5.74. The molecule has 0 fully saturated rings. The first-order chi connectivity index (χ1) is 8.83. The highest BCUT2D eigenvalue weighted by molar-refractivity contribution is 7.98. The zero-order valence-corrected chi connectivity index (χ0v) is 11.3. The van der Waals surface area contributed by atoms with Crippen molar-refractivity contribution in [2.45, 2.75) is 11.4 Å². The summed E-state index contributed by atoms with van der Waals surface area (Å²) in [6, 6.07) is 11.9. The minimum atomic E-state index is 0.622.